The molecule has 5 nitrogen and oxygen atoms in total. The van der Waals surface area contributed by atoms with E-state index in [0.29, 0.717) is 6.54 Å². The summed E-state index contributed by atoms with van der Waals surface area (Å²) in [4.78, 5) is 4.70. The van der Waals surface area contributed by atoms with Crippen molar-refractivity contribution in [2.45, 2.75) is 38.1 Å². The van der Waals surface area contributed by atoms with Gasteiger partial charge in [0.2, 0.25) is 0 Å². The Morgan fingerprint density at radius 1 is 1.28 bits per heavy atom. The molecule has 1 aromatic heterocycles. The van der Waals surface area contributed by atoms with E-state index in [2.05, 4.69) is 64.9 Å². The lowest BCUT2D eigenvalue weighted by Crippen LogP contribution is -2.40. The van der Waals surface area contributed by atoms with Crippen LogP contribution in [0.5, 0.6) is 0 Å². The molecule has 1 atom stereocenters. The Hall–Kier alpha value is -1.95. The van der Waals surface area contributed by atoms with Crippen LogP contribution in [0.1, 0.15) is 30.9 Å². The maximum Gasteiger partial charge on any atom is 0.191 e. The number of hydrogen-bond donors (Lipinski definition) is 2. The molecule has 0 spiro atoms. The van der Waals surface area contributed by atoms with Gasteiger partial charge in [-0.2, -0.15) is 16.9 Å². The number of aromatic nitrogens is 2. The van der Waals surface area contributed by atoms with Gasteiger partial charge in [-0.3, -0.25) is 4.68 Å². The topological polar surface area (TPSA) is 54.2 Å². The molecule has 0 bridgehead atoms. The van der Waals surface area contributed by atoms with Crippen molar-refractivity contribution >= 4 is 17.7 Å². The first kappa shape index (κ1) is 17.9. The number of guanidine groups is 1. The molecule has 0 saturated carbocycles. The van der Waals surface area contributed by atoms with Crippen LogP contribution in [0.25, 0.3) is 0 Å². The van der Waals surface area contributed by atoms with Crippen molar-refractivity contribution in [3.63, 3.8) is 0 Å². The van der Waals surface area contributed by atoms with Crippen LogP contribution in [0, 0.1) is 0 Å². The second-order valence-corrected chi connectivity index (χ2v) is 7.65. The lowest BCUT2D eigenvalue weighted by molar-refractivity contribution is 0.686. The van der Waals surface area contributed by atoms with E-state index < -0.39 is 0 Å². The summed E-state index contributed by atoms with van der Waals surface area (Å²) in [7, 11) is 0. The van der Waals surface area contributed by atoms with Crippen molar-refractivity contribution in [2.24, 2.45) is 4.99 Å². The second-order valence-electron chi connectivity index (χ2n) is 6.24. The zero-order valence-corrected chi connectivity index (χ0v) is 15.6. The van der Waals surface area contributed by atoms with Gasteiger partial charge in [0.1, 0.15) is 0 Å². The average Bonchev–Trinajstić information content (AvgIpc) is 3.30. The van der Waals surface area contributed by atoms with Gasteiger partial charge in [0.25, 0.3) is 0 Å². The summed E-state index contributed by atoms with van der Waals surface area (Å²) >= 11 is 2.06. The molecule has 3 rings (SSSR count). The Balaban J connectivity index is 1.53. The number of aliphatic imine (C=N–C) groups is 1. The summed E-state index contributed by atoms with van der Waals surface area (Å²) < 4.78 is 1.97. The Kier molecular flexibility index (Phi) is 6.79. The van der Waals surface area contributed by atoms with Gasteiger partial charge in [-0.15, -0.1) is 0 Å². The molecule has 2 N–H and O–H groups in total. The van der Waals surface area contributed by atoms with Gasteiger partial charge < -0.3 is 10.6 Å². The van der Waals surface area contributed by atoms with Crippen LogP contribution in [0.4, 0.5) is 0 Å². The van der Waals surface area contributed by atoms with Gasteiger partial charge in [0.05, 0.1) is 19.3 Å². The molecular weight excluding hydrogens is 330 g/mol. The van der Waals surface area contributed by atoms with E-state index in [1.54, 1.807) is 0 Å². The molecular formula is C19H27N5S. The van der Waals surface area contributed by atoms with Gasteiger partial charge in [-0.25, -0.2) is 4.99 Å². The van der Waals surface area contributed by atoms with Crippen molar-refractivity contribution in [3.05, 3.63) is 53.9 Å². The molecule has 1 saturated heterocycles. The smallest absolute Gasteiger partial charge is 0.191 e. The third-order valence-corrected chi connectivity index (χ3v) is 5.56. The first-order chi connectivity index (χ1) is 12.3. The van der Waals surface area contributed by atoms with Crippen molar-refractivity contribution in [3.8, 4) is 0 Å². The first-order valence-electron chi connectivity index (χ1n) is 9.02. The molecule has 0 radical (unpaired) electrons. The molecule has 25 heavy (non-hydrogen) atoms. The largest absolute Gasteiger partial charge is 0.357 e. The molecule has 2 aromatic rings. The van der Waals surface area contributed by atoms with Crippen LogP contribution in [0.3, 0.4) is 0 Å². The fourth-order valence-electron chi connectivity index (χ4n) is 2.87. The summed E-state index contributed by atoms with van der Waals surface area (Å²) in [6.07, 6.45) is 6.63. The van der Waals surface area contributed by atoms with Gasteiger partial charge in [-0.05, 0) is 31.1 Å². The quantitative estimate of drug-likeness (QED) is 0.591. The maximum atomic E-state index is 4.70. The van der Waals surface area contributed by atoms with E-state index in [-0.39, 0.29) is 0 Å². The molecule has 1 aliphatic heterocycles. The number of benzene rings is 1. The number of nitrogens with one attached hydrogen (secondary N) is 2. The van der Waals surface area contributed by atoms with Gasteiger partial charge in [0.15, 0.2) is 5.96 Å². The monoisotopic (exact) mass is 357 g/mol. The lowest BCUT2D eigenvalue weighted by atomic mass is 10.2. The van der Waals surface area contributed by atoms with Crippen LogP contribution in [0.15, 0.2) is 47.7 Å². The number of thioether (sulfide) groups is 1. The van der Waals surface area contributed by atoms with Gasteiger partial charge in [0, 0.05) is 30.1 Å². The van der Waals surface area contributed by atoms with E-state index in [1.807, 2.05) is 16.9 Å². The predicted molar refractivity (Wildman–Crippen MR) is 106 cm³/mol. The highest BCUT2D eigenvalue weighted by Crippen LogP contribution is 2.25. The summed E-state index contributed by atoms with van der Waals surface area (Å²) in [6, 6.07) is 10.4. The first-order valence-corrected chi connectivity index (χ1v) is 10.1. The Morgan fingerprint density at radius 3 is 2.92 bits per heavy atom. The summed E-state index contributed by atoms with van der Waals surface area (Å²) in [5.41, 5.74) is 2.38. The average molecular weight is 358 g/mol. The maximum absolute atomic E-state index is 4.70. The van der Waals surface area contributed by atoms with Crippen LogP contribution >= 0.6 is 11.8 Å². The lowest BCUT2D eigenvalue weighted by Gasteiger charge is -2.14. The minimum atomic E-state index is 0.641. The van der Waals surface area contributed by atoms with Gasteiger partial charge in [-0.1, -0.05) is 30.3 Å². The zero-order valence-electron chi connectivity index (χ0n) is 14.8. The minimum absolute atomic E-state index is 0.641. The summed E-state index contributed by atoms with van der Waals surface area (Å²) in [6.45, 7) is 5.39. The van der Waals surface area contributed by atoms with Crippen molar-refractivity contribution in [1.82, 2.24) is 20.4 Å². The third-order valence-electron chi connectivity index (χ3n) is 4.16. The second kappa shape index (κ2) is 9.51. The minimum Gasteiger partial charge on any atom is -0.357 e. The van der Waals surface area contributed by atoms with Gasteiger partial charge >= 0.3 is 0 Å². The molecule has 134 valence electrons. The number of hydrogen-bond acceptors (Lipinski definition) is 3. The van der Waals surface area contributed by atoms with Crippen LogP contribution in [-0.2, 0) is 13.1 Å². The van der Waals surface area contributed by atoms with Crippen LogP contribution in [0.2, 0.25) is 0 Å². The van der Waals surface area contributed by atoms with Crippen molar-refractivity contribution in [1.29, 1.82) is 0 Å². The van der Waals surface area contributed by atoms with Crippen LogP contribution in [-0.4, -0.2) is 39.8 Å². The molecule has 1 unspecified atom stereocenters. The SMILES string of the molecule is CCNC(=NCc1cnn(Cc2ccccc2)c1)NCC1CCCS1. The number of nitrogens with zero attached hydrogens (tertiary/aromatic N) is 3. The molecule has 2 heterocycles. The Bertz CT molecular complexity index is 661. The molecule has 1 aromatic carbocycles. The molecule has 1 fully saturated rings. The fraction of sp³-hybridized carbons (Fsp3) is 0.474. The normalized spacial score (nSPS) is 17.6. The third kappa shape index (κ3) is 5.81. The molecule has 0 aliphatic carbocycles. The zero-order chi connectivity index (χ0) is 17.3. The summed E-state index contributed by atoms with van der Waals surface area (Å²) in [5, 5.41) is 12.0. The highest BCUT2D eigenvalue weighted by Gasteiger charge is 2.15. The van der Waals surface area contributed by atoms with E-state index in [0.717, 1.165) is 36.4 Å². The molecule has 1 aliphatic rings. The van der Waals surface area contributed by atoms with E-state index in [1.165, 1.54) is 24.2 Å². The fourth-order valence-corrected chi connectivity index (χ4v) is 4.07. The van der Waals surface area contributed by atoms with Crippen molar-refractivity contribution < 1.29 is 0 Å². The Labute approximate surface area is 154 Å². The van der Waals surface area contributed by atoms with E-state index in [4.69, 9.17) is 4.99 Å². The van der Waals surface area contributed by atoms with E-state index in [9.17, 15) is 0 Å². The highest BCUT2D eigenvalue weighted by atomic mass is 32.2. The Morgan fingerprint density at radius 2 is 2.16 bits per heavy atom. The van der Waals surface area contributed by atoms with E-state index >= 15 is 0 Å². The summed E-state index contributed by atoms with van der Waals surface area (Å²) in [5.74, 6) is 2.19. The van der Waals surface area contributed by atoms with Crippen LogP contribution < -0.4 is 10.6 Å². The van der Waals surface area contributed by atoms with Crippen molar-refractivity contribution in [2.75, 3.05) is 18.8 Å². The standard InChI is InChI=1S/C19H27N5S/c1-2-20-19(22-13-18-9-6-10-25-18)21-11-17-12-23-24(15-17)14-16-7-4-3-5-8-16/h3-5,7-8,12,15,18H,2,6,9-11,13-14H2,1H3,(H2,20,21,22). The molecule has 0 amide bonds. The highest BCUT2D eigenvalue weighted by molar-refractivity contribution is 8.00. The predicted octanol–water partition coefficient (Wildman–Crippen LogP) is 2.88. The number of rotatable bonds is 7. The molecule has 6 heteroatoms.